The number of hydrogen-bond acceptors (Lipinski definition) is 4. The Morgan fingerprint density at radius 2 is 2.11 bits per heavy atom. The molecular weight excluding hydrogens is 310 g/mol. The van der Waals surface area contributed by atoms with Crippen molar-refractivity contribution < 1.29 is 5.11 Å². The predicted molar refractivity (Wildman–Crippen MR) is 76.1 cm³/mol. The Morgan fingerprint density at radius 1 is 1.26 bits per heavy atom. The number of benzene rings is 1. The molecular formula is C12H12BrN5O. The van der Waals surface area contributed by atoms with Gasteiger partial charge < -0.3 is 10.8 Å². The van der Waals surface area contributed by atoms with Crippen molar-refractivity contribution in [3.8, 4) is 5.69 Å². The van der Waals surface area contributed by atoms with Gasteiger partial charge >= 0.3 is 0 Å². The lowest BCUT2D eigenvalue weighted by Gasteiger charge is -2.02. The van der Waals surface area contributed by atoms with Gasteiger partial charge in [0.15, 0.2) is 0 Å². The molecule has 0 unspecified atom stereocenters. The summed E-state index contributed by atoms with van der Waals surface area (Å²) < 4.78 is 4.24. The number of aromatic nitrogens is 4. The lowest BCUT2D eigenvalue weighted by atomic mass is 10.2. The van der Waals surface area contributed by atoms with E-state index in [-0.39, 0.29) is 6.61 Å². The summed E-state index contributed by atoms with van der Waals surface area (Å²) >= 11 is 3.41. The van der Waals surface area contributed by atoms with Crippen LogP contribution in [0, 0.1) is 0 Å². The van der Waals surface area contributed by atoms with E-state index in [0.29, 0.717) is 12.4 Å². The Balaban J connectivity index is 2.08. The fourth-order valence-corrected chi connectivity index (χ4v) is 2.49. The maximum atomic E-state index is 8.92. The fraction of sp³-hybridized carbons (Fsp3) is 0.167. The van der Waals surface area contributed by atoms with Crippen molar-refractivity contribution in [2.24, 2.45) is 0 Å². The average Bonchev–Trinajstić information content (AvgIpc) is 2.91. The van der Waals surface area contributed by atoms with Crippen LogP contribution >= 0.6 is 15.9 Å². The predicted octanol–water partition coefficient (Wildman–Crippen LogP) is 1.56. The van der Waals surface area contributed by atoms with E-state index in [2.05, 4.69) is 26.1 Å². The normalized spacial score (nSPS) is 11.3. The topological polar surface area (TPSA) is 81.9 Å². The Labute approximate surface area is 117 Å². The Hall–Kier alpha value is -1.86. The van der Waals surface area contributed by atoms with Crippen LogP contribution in [-0.4, -0.2) is 31.3 Å². The highest BCUT2D eigenvalue weighted by Crippen LogP contribution is 2.22. The molecule has 3 aromatic rings. The van der Waals surface area contributed by atoms with Crippen LogP contribution in [0.3, 0.4) is 0 Å². The van der Waals surface area contributed by atoms with E-state index < -0.39 is 0 Å². The second-order valence-corrected chi connectivity index (χ2v) is 4.98. The van der Waals surface area contributed by atoms with Gasteiger partial charge in [0.25, 0.3) is 0 Å². The molecule has 2 aromatic heterocycles. The van der Waals surface area contributed by atoms with Gasteiger partial charge in [0.05, 0.1) is 24.4 Å². The molecule has 98 valence electrons. The quantitative estimate of drug-likeness (QED) is 0.767. The number of nitrogen functional groups attached to an aromatic ring is 1. The first-order valence-corrected chi connectivity index (χ1v) is 6.56. The van der Waals surface area contributed by atoms with E-state index in [1.165, 1.54) is 0 Å². The van der Waals surface area contributed by atoms with Crippen LogP contribution in [0.25, 0.3) is 16.6 Å². The third-order valence-corrected chi connectivity index (χ3v) is 3.36. The fourth-order valence-electron chi connectivity index (χ4n) is 1.97. The minimum absolute atomic E-state index is 0.0715. The third kappa shape index (κ3) is 2.22. The molecule has 0 spiro atoms. The summed E-state index contributed by atoms with van der Waals surface area (Å²) in [6.07, 6.45) is 1.90. The number of nitrogens with zero attached hydrogens (tertiary/aromatic N) is 4. The van der Waals surface area contributed by atoms with E-state index in [1.807, 2.05) is 24.4 Å². The molecule has 0 atom stereocenters. The molecule has 0 bridgehead atoms. The highest BCUT2D eigenvalue weighted by atomic mass is 79.9. The molecule has 0 saturated heterocycles. The molecule has 0 aliphatic carbocycles. The van der Waals surface area contributed by atoms with Crippen LogP contribution in [0.4, 0.5) is 5.82 Å². The monoisotopic (exact) mass is 321 g/mol. The SMILES string of the molecule is Nc1cc(Br)n(-c2ccc3nn(CCO)cc3c2)n1. The molecule has 0 aliphatic heterocycles. The standard InChI is InChI=1S/C12H12BrN5O/c13-11-6-12(14)16-18(11)9-1-2-10-8(5-9)7-17(15-10)3-4-19/h1-2,5-7,19H,3-4H2,(H2,14,16). The molecule has 7 heteroatoms. The van der Waals surface area contributed by atoms with Gasteiger partial charge in [0.1, 0.15) is 10.4 Å². The maximum absolute atomic E-state index is 8.92. The van der Waals surface area contributed by atoms with Gasteiger partial charge in [-0.3, -0.25) is 4.68 Å². The minimum atomic E-state index is 0.0715. The van der Waals surface area contributed by atoms with Gasteiger partial charge in [-0.15, -0.1) is 5.10 Å². The summed E-state index contributed by atoms with van der Waals surface area (Å²) in [6, 6.07) is 7.57. The molecule has 0 radical (unpaired) electrons. The van der Waals surface area contributed by atoms with E-state index in [4.69, 9.17) is 10.8 Å². The molecule has 1 aromatic carbocycles. The molecule has 2 heterocycles. The average molecular weight is 322 g/mol. The zero-order valence-corrected chi connectivity index (χ0v) is 11.6. The van der Waals surface area contributed by atoms with Gasteiger partial charge in [-0.1, -0.05) is 0 Å². The number of nitrogens with two attached hydrogens (primary N) is 1. The van der Waals surface area contributed by atoms with Gasteiger partial charge in [0, 0.05) is 17.6 Å². The summed E-state index contributed by atoms with van der Waals surface area (Å²) in [6.45, 7) is 0.560. The summed E-state index contributed by atoms with van der Waals surface area (Å²) in [5.41, 5.74) is 7.45. The number of rotatable bonds is 3. The molecule has 3 rings (SSSR count). The second-order valence-electron chi connectivity index (χ2n) is 4.16. The number of aliphatic hydroxyl groups is 1. The Bertz CT molecular complexity index is 733. The largest absolute Gasteiger partial charge is 0.394 e. The van der Waals surface area contributed by atoms with Gasteiger partial charge in [-0.2, -0.15) is 5.10 Å². The van der Waals surface area contributed by atoms with Crippen molar-refractivity contribution in [1.82, 2.24) is 19.6 Å². The van der Waals surface area contributed by atoms with E-state index in [9.17, 15) is 0 Å². The molecule has 0 saturated carbocycles. The van der Waals surface area contributed by atoms with E-state index in [1.54, 1.807) is 15.4 Å². The highest BCUT2D eigenvalue weighted by Gasteiger charge is 2.07. The summed E-state index contributed by atoms with van der Waals surface area (Å²) in [7, 11) is 0. The Morgan fingerprint density at radius 3 is 2.79 bits per heavy atom. The molecule has 6 nitrogen and oxygen atoms in total. The second kappa shape index (κ2) is 4.67. The van der Waals surface area contributed by atoms with Gasteiger partial charge in [0.2, 0.25) is 0 Å². The van der Waals surface area contributed by atoms with Crippen LogP contribution in [0.5, 0.6) is 0 Å². The van der Waals surface area contributed by atoms with Crippen molar-refractivity contribution in [2.75, 3.05) is 12.3 Å². The maximum Gasteiger partial charge on any atom is 0.147 e. The number of hydrogen-bond donors (Lipinski definition) is 2. The van der Waals surface area contributed by atoms with Crippen LogP contribution in [0.2, 0.25) is 0 Å². The Kier molecular flexibility index (Phi) is 3.00. The zero-order chi connectivity index (χ0) is 13.4. The minimum Gasteiger partial charge on any atom is -0.394 e. The smallest absolute Gasteiger partial charge is 0.147 e. The molecule has 0 aliphatic rings. The van der Waals surface area contributed by atoms with Crippen LogP contribution in [0.15, 0.2) is 35.1 Å². The van der Waals surface area contributed by atoms with Crippen LogP contribution in [-0.2, 0) is 6.54 Å². The number of anilines is 1. The summed E-state index contributed by atoms with van der Waals surface area (Å²) in [4.78, 5) is 0. The number of aliphatic hydroxyl groups excluding tert-OH is 1. The molecule has 0 fully saturated rings. The van der Waals surface area contributed by atoms with E-state index in [0.717, 1.165) is 21.2 Å². The molecule has 3 N–H and O–H groups in total. The van der Waals surface area contributed by atoms with Crippen molar-refractivity contribution in [3.63, 3.8) is 0 Å². The van der Waals surface area contributed by atoms with Crippen molar-refractivity contribution in [2.45, 2.75) is 6.54 Å². The summed E-state index contributed by atoms with van der Waals surface area (Å²) in [5, 5.41) is 18.5. The molecule has 0 amide bonds. The van der Waals surface area contributed by atoms with Crippen LogP contribution < -0.4 is 5.73 Å². The lowest BCUT2D eigenvalue weighted by Crippen LogP contribution is -2.01. The highest BCUT2D eigenvalue weighted by molar-refractivity contribution is 9.10. The van der Waals surface area contributed by atoms with Crippen LogP contribution in [0.1, 0.15) is 0 Å². The first-order valence-electron chi connectivity index (χ1n) is 5.77. The number of halogens is 1. The molecule has 19 heavy (non-hydrogen) atoms. The van der Waals surface area contributed by atoms with Gasteiger partial charge in [-0.05, 0) is 34.1 Å². The third-order valence-electron chi connectivity index (χ3n) is 2.79. The van der Waals surface area contributed by atoms with Gasteiger partial charge in [-0.25, -0.2) is 4.68 Å². The zero-order valence-electron chi connectivity index (χ0n) is 9.99. The van der Waals surface area contributed by atoms with E-state index >= 15 is 0 Å². The first kappa shape index (κ1) is 12.2. The number of fused-ring (bicyclic) bond motifs is 1. The lowest BCUT2D eigenvalue weighted by molar-refractivity contribution is 0.270. The van der Waals surface area contributed by atoms with Crippen molar-refractivity contribution in [3.05, 3.63) is 35.1 Å². The van der Waals surface area contributed by atoms with Crippen molar-refractivity contribution >= 4 is 32.7 Å². The summed E-state index contributed by atoms with van der Waals surface area (Å²) in [5.74, 6) is 0.461. The first-order chi connectivity index (χ1) is 9.17. The van der Waals surface area contributed by atoms with Crippen molar-refractivity contribution in [1.29, 1.82) is 0 Å².